The summed E-state index contributed by atoms with van der Waals surface area (Å²) in [5.41, 5.74) is 5.79. The number of hydrogen-bond acceptors (Lipinski definition) is 3. The molecule has 2 atom stereocenters. The molecule has 116 valence electrons. The van der Waals surface area contributed by atoms with Gasteiger partial charge in [0.05, 0.1) is 0 Å². The van der Waals surface area contributed by atoms with Gasteiger partial charge in [0.15, 0.2) is 0 Å². The predicted octanol–water partition coefficient (Wildman–Crippen LogP) is 1.05. The zero-order valence-electron chi connectivity index (χ0n) is 12.1. The highest BCUT2D eigenvalue weighted by Gasteiger charge is 2.27. The van der Waals surface area contributed by atoms with E-state index in [1.165, 1.54) is 0 Å². The first kappa shape index (κ1) is 17.2. The maximum Gasteiger partial charge on any atom is 0.224 e. The van der Waals surface area contributed by atoms with E-state index >= 15 is 0 Å². The molecule has 1 aliphatic heterocycles. The van der Waals surface area contributed by atoms with Crippen LogP contribution < -0.4 is 11.1 Å². The highest BCUT2D eigenvalue weighted by Crippen LogP contribution is 2.24. The van der Waals surface area contributed by atoms with Crippen LogP contribution in [0.25, 0.3) is 0 Å². The standard InChI is InChI=1S/C14H25N3O2.ClH/c1-10(16-14(19)11-4-2-3-5-11)8-13(18)17-7-6-12(15)9-17;/h10-12H,2-9,15H2,1H3,(H,16,19);1H/t10?,12-;/m1./s1. The zero-order chi connectivity index (χ0) is 13.8. The summed E-state index contributed by atoms with van der Waals surface area (Å²) >= 11 is 0. The Bertz CT molecular complexity index is 345. The van der Waals surface area contributed by atoms with E-state index in [1.54, 1.807) is 0 Å². The van der Waals surface area contributed by atoms with Crippen molar-refractivity contribution in [1.82, 2.24) is 10.2 Å². The van der Waals surface area contributed by atoms with Crippen molar-refractivity contribution in [3.05, 3.63) is 0 Å². The predicted molar refractivity (Wildman–Crippen MR) is 80.6 cm³/mol. The van der Waals surface area contributed by atoms with E-state index in [0.717, 1.165) is 38.6 Å². The zero-order valence-corrected chi connectivity index (χ0v) is 13.0. The minimum atomic E-state index is -0.0857. The lowest BCUT2D eigenvalue weighted by Gasteiger charge is -2.20. The molecule has 2 fully saturated rings. The van der Waals surface area contributed by atoms with Crippen LogP contribution in [0.2, 0.25) is 0 Å². The Morgan fingerprint density at radius 1 is 1.30 bits per heavy atom. The molecule has 0 aromatic rings. The van der Waals surface area contributed by atoms with E-state index in [0.29, 0.717) is 13.0 Å². The Morgan fingerprint density at radius 2 is 1.95 bits per heavy atom. The van der Waals surface area contributed by atoms with Crippen LogP contribution in [0.4, 0.5) is 0 Å². The molecule has 3 N–H and O–H groups in total. The maximum atomic E-state index is 12.0. The molecular formula is C14H26ClN3O2. The van der Waals surface area contributed by atoms with Crippen LogP contribution in [-0.4, -0.2) is 41.9 Å². The van der Waals surface area contributed by atoms with Crippen molar-refractivity contribution in [2.75, 3.05) is 13.1 Å². The molecule has 5 nitrogen and oxygen atoms in total. The highest BCUT2D eigenvalue weighted by molar-refractivity contribution is 5.85. The van der Waals surface area contributed by atoms with Crippen LogP contribution in [-0.2, 0) is 9.59 Å². The SMILES string of the molecule is CC(CC(=O)N1CC[C@@H](N)C1)NC(=O)C1CCCC1.Cl. The first-order valence-corrected chi connectivity index (χ1v) is 7.40. The summed E-state index contributed by atoms with van der Waals surface area (Å²) in [5.74, 6) is 0.390. The average Bonchev–Trinajstić information content (AvgIpc) is 2.98. The fraction of sp³-hybridized carbons (Fsp3) is 0.857. The fourth-order valence-corrected chi connectivity index (χ4v) is 3.00. The summed E-state index contributed by atoms with van der Waals surface area (Å²) in [6.45, 7) is 3.31. The molecule has 1 heterocycles. The van der Waals surface area contributed by atoms with Gasteiger partial charge in [-0.05, 0) is 26.2 Å². The van der Waals surface area contributed by atoms with Gasteiger partial charge in [0.2, 0.25) is 11.8 Å². The van der Waals surface area contributed by atoms with E-state index < -0.39 is 0 Å². The largest absolute Gasteiger partial charge is 0.353 e. The molecule has 2 aliphatic rings. The van der Waals surface area contributed by atoms with Crippen LogP contribution in [0, 0.1) is 5.92 Å². The van der Waals surface area contributed by atoms with Crippen molar-refractivity contribution in [3.8, 4) is 0 Å². The van der Waals surface area contributed by atoms with Crippen molar-refractivity contribution in [1.29, 1.82) is 0 Å². The minimum Gasteiger partial charge on any atom is -0.353 e. The molecule has 2 amide bonds. The molecule has 0 aromatic carbocycles. The Kier molecular flexibility index (Phi) is 6.76. The number of carbonyl (C=O) groups is 2. The summed E-state index contributed by atoms with van der Waals surface area (Å²) < 4.78 is 0. The fourth-order valence-electron chi connectivity index (χ4n) is 3.00. The molecule has 1 saturated carbocycles. The minimum absolute atomic E-state index is 0. The number of nitrogens with one attached hydrogen (secondary N) is 1. The molecule has 1 saturated heterocycles. The summed E-state index contributed by atoms with van der Waals surface area (Å²) in [4.78, 5) is 25.8. The molecule has 20 heavy (non-hydrogen) atoms. The lowest BCUT2D eigenvalue weighted by Crippen LogP contribution is -2.41. The van der Waals surface area contributed by atoms with E-state index in [4.69, 9.17) is 5.73 Å². The topological polar surface area (TPSA) is 75.4 Å². The third-order valence-corrected chi connectivity index (χ3v) is 4.17. The Labute approximate surface area is 127 Å². The van der Waals surface area contributed by atoms with Crippen LogP contribution in [0.1, 0.15) is 45.4 Å². The van der Waals surface area contributed by atoms with Gasteiger partial charge in [-0.2, -0.15) is 0 Å². The van der Waals surface area contributed by atoms with Gasteiger partial charge in [-0.15, -0.1) is 12.4 Å². The molecule has 0 bridgehead atoms. The van der Waals surface area contributed by atoms with E-state index in [-0.39, 0.29) is 42.2 Å². The first-order valence-electron chi connectivity index (χ1n) is 7.40. The summed E-state index contributed by atoms with van der Waals surface area (Å²) in [5, 5.41) is 2.97. The normalized spacial score (nSPS) is 24.3. The molecule has 0 radical (unpaired) electrons. The number of nitrogens with two attached hydrogens (primary N) is 1. The summed E-state index contributed by atoms with van der Waals surface area (Å²) in [6.07, 6.45) is 5.55. The number of hydrogen-bond donors (Lipinski definition) is 2. The lowest BCUT2D eigenvalue weighted by molar-refractivity contribution is -0.131. The van der Waals surface area contributed by atoms with Gasteiger partial charge in [-0.3, -0.25) is 9.59 Å². The molecule has 1 unspecified atom stereocenters. The van der Waals surface area contributed by atoms with Gasteiger partial charge in [-0.25, -0.2) is 0 Å². The van der Waals surface area contributed by atoms with Gasteiger partial charge >= 0.3 is 0 Å². The Morgan fingerprint density at radius 3 is 2.50 bits per heavy atom. The van der Waals surface area contributed by atoms with Crippen molar-refractivity contribution < 1.29 is 9.59 Å². The van der Waals surface area contributed by atoms with Crippen LogP contribution >= 0.6 is 12.4 Å². The smallest absolute Gasteiger partial charge is 0.224 e. The molecule has 6 heteroatoms. The maximum absolute atomic E-state index is 12.0. The number of rotatable bonds is 4. The molecular weight excluding hydrogens is 278 g/mol. The molecule has 2 rings (SSSR count). The number of nitrogens with zero attached hydrogens (tertiary/aromatic N) is 1. The van der Waals surface area contributed by atoms with Gasteiger partial charge in [0, 0.05) is 37.5 Å². The molecule has 0 aromatic heterocycles. The third kappa shape index (κ3) is 4.63. The molecule has 0 spiro atoms. The van der Waals surface area contributed by atoms with Crippen molar-refractivity contribution in [3.63, 3.8) is 0 Å². The summed E-state index contributed by atoms with van der Waals surface area (Å²) in [7, 11) is 0. The molecule has 1 aliphatic carbocycles. The second-order valence-electron chi connectivity index (χ2n) is 5.98. The van der Waals surface area contributed by atoms with Crippen molar-refractivity contribution in [2.24, 2.45) is 11.7 Å². The monoisotopic (exact) mass is 303 g/mol. The third-order valence-electron chi connectivity index (χ3n) is 4.17. The van der Waals surface area contributed by atoms with Crippen LogP contribution in [0.15, 0.2) is 0 Å². The Balaban J connectivity index is 0.00000200. The summed E-state index contributed by atoms with van der Waals surface area (Å²) in [6, 6.07) is 0.0322. The second-order valence-corrected chi connectivity index (χ2v) is 5.98. The van der Waals surface area contributed by atoms with Crippen molar-refractivity contribution in [2.45, 2.75) is 57.5 Å². The van der Waals surface area contributed by atoms with Crippen LogP contribution in [0.3, 0.4) is 0 Å². The van der Waals surface area contributed by atoms with Crippen LogP contribution in [0.5, 0.6) is 0 Å². The van der Waals surface area contributed by atoms with E-state index in [1.807, 2.05) is 11.8 Å². The average molecular weight is 304 g/mol. The van der Waals surface area contributed by atoms with E-state index in [2.05, 4.69) is 5.32 Å². The van der Waals surface area contributed by atoms with Crippen molar-refractivity contribution >= 4 is 24.2 Å². The lowest BCUT2D eigenvalue weighted by atomic mass is 10.1. The van der Waals surface area contributed by atoms with Gasteiger partial charge < -0.3 is 16.0 Å². The second kappa shape index (κ2) is 7.84. The number of halogens is 1. The highest BCUT2D eigenvalue weighted by atomic mass is 35.5. The van der Waals surface area contributed by atoms with Gasteiger partial charge in [0.1, 0.15) is 0 Å². The first-order chi connectivity index (χ1) is 9.06. The quantitative estimate of drug-likeness (QED) is 0.815. The van der Waals surface area contributed by atoms with E-state index in [9.17, 15) is 9.59 Å². The Hall–Kier alpha value is -0.810. The van der Waals surface area contributed by atoms with Gasteiger partial charge in [0.25, 0.3) is 0 Å². The number of amides is 2. The van der Waals surface area contributed by atoms with Gasteiger partial charge in [-0.1, -0.05) is 12.8 Å². The number of likely N-dealkylation sites (tertiary alicyclic amines) is 1. The number of carbonyl (C=O) groups excluding carboxylic acids is 2.